The van der Waals surface area contributed by atoms with Gasteiger partial charge in [0.25, 0.3) is 0 Å². The summed E-state index contributed by atoms with van der Waals surface area (Å²) >= 11 is 6.08. The van der Waals surface area contributed by atoms with Crippen LogP contribution in [-0.4, -0.2) is 15.1 Å². The summed E-state index contributed by atoms with van der Waals surface area (Å²) in [4.78, 5) is 8.81. The van der Waals surface area contributed by atoms with Crippen molar-refractivity contribution in [2.75, 3.05) is 5.32 Å². The Hall–Kier alpha value is -3.83. The van der Waals surface area contributed by atoms with Gasteiger partial charge in [0, 0.05) is 27.9 Å². The van der Waals surface area contributed by atoms with Crippen molar-refractivity contribution < 1.29 is 9.52 Å². The van der Waals surface area contributed by atoms with Crippen LogP contribution in [0.15, 0.2) is 89.6 Å². The van der Waals surface area contributed by atoms with Gasteiger partial charge in [-0.3, -0.25) is 0 Å². The minimum Gasteiger partial charge on any atom is -0.508 e. The molecule has 146 valence electrons. The van der Waals surface area contributed by atoms with Gasteiger partial charge in [-0.2, -0.15) is 0 Å². The number of hydrogen-bond donors (Lipinski definition) is 2. The normalized spacial score (nSPS) is 11.0. The number of halogens is 1. The number of fused-ring (bicyclic) bond motifs is 1. The van der Waals surface area contributed by atoms with E-state index in [1.807, 2.05) is 60.7 Å². The average Bonchev–Trinajstić information content (AvgIpc) is 3.15. The molecule has 5 rings (SSSR count). The largest absolute Gasteiger partial charge is 0.508 e. The van der Waals surface area contributed by atoms with Crippen LogP contribution in [0.3, 0.4) is 0 Å². The van der Waals surface area contributed by atoms with Gasteiger partial charge in [-0.05, 0) is 42.0 Å². The zero-order valence-electron chi connectivity index (χ0n) is 15.7. The predicted molar refractivity (Wildman–Crippen MR) is 119 cm³/mol. The number of rotatable bonds is 4. The molecular formula is C24H16ClN3O2. The number of furan rings is 1. The molecule has 0 atom stereocenters. The molecule has 2 N–H and O–H groups in total. The summed E-state index contributed by atoms with van der Waals surface area (Å²) in [5.41, 5.74) is 3.94. The van der Waals surface area contributed by atoms with Crippen molar-refractivity contribution in [2.45, 2.75) is 0 Å². The van der Waals surface area contributed by atoms with Crippen LogP contribution in [0.25, 0.3) is 33.6 Å². The molecule has 0 spiro atoms. The van der Waals surface area contributed by atoms with E-state index in [9.17, 15) is 5.11 Å². The number of phenolic OH excluding ortho intramolecular Hbond substituents is 1. The fourth-order valence-electron chi connectivity index (χ4n) is 3.43. The van der Waals surface area contributed by atoms with Crippen LogP contribution < -0.4 is 5.32 Å². The summed E-state index contributed by atoms with van der Waals surface area (Å²) in [6.45, 7) is 0. The molecule has 0 unspecified atom stereocenters. The second-order valence-corrected chi connectivity index (χ2v) is 7.19. The third-order valence-electron chi connectivity index (χ3n) is 4.77. The zero-order chi connectivity index (χ0) is 20.5. The van der Waals surface area contributed by atoms with Crippen LogP contribution in [0.4, 0.5) is 11.5 Å². The number of aromatic hydroxyl groups is 1. The SMILES string of the molecule is Oc1cccc(Nc2ncnc3oc(-c4ccc(Cl)cc4)c(-c4ccccc4)c23)c1. The van der Waals surface area contributed by atoms with Gasteiger partial charge in [-0.1, -0.05) is 48.0 Å². The molecule has 0 fully saturated rings. The van der Waals surface area contributed by atoms with Crippen LogP contribution in [-0.2, 0) is 0 Å². The molecule has 30 heavy (non-hydrogen) atoms. The highest BCUT2D eigenvalue weighted by molar-refractivity contribution is 6.30. The van der Waals surface area contributed by atoms with Gasteiger partial charge in [0.05, 0.1) is 5.39 Å². The van der Waals surface area contributed by atoms with Crippen molar-refractivity contribution in [3.63, 3.8) is 0 Å². The van der Waals surface area contributed by atoms with Gasteiger partial charge in [0.1, 0.15) is 23.7 Å². The summed E-state index contributed by atoms with van der Waals surface area (Å²) in [6, 6.07) is 24.3. The van der Waals surface area contributed by atoms with E-state index in [-0.39, 0.29) is 5.75 Å². The maximum absolute atomic E-state index is 9.81. The fourth-order valence-corrected chi connectivity index (χ4v) is 3.56. The summed E-state index contributed by atoms with van der Waals surface area (Å²) in [5.74, 6) is 1.45. The minimum absolute atomic E-state index is 0.169. The predicted octanol–water partition coefficient (Wildman–Crippen LogP) is 6.66. The van der Waals surface area contributed by atoms with E-state index in [0.717, 1.165) is 22.1 Å². The van der Waals surface area contributed by atoms with Gasteiger partial charge in [0.15, 0.2) is 0 Å². The number of anilines is 2. The number of nitrogens with zero attached hydrogens (tertiary/aromatic N) is 2. The lowest BCUT2D eigenvalue weighted by molar-refractivity contribution is 0.475. The maximum atomic E-state index is 9.81. The van der Waals surface area contributed by atoms with Crippen molar-refractivity contribution in [3.8, 4) is 28.2 Å². The van der Waals surface area contributed by atoms with E-state index in [2.05, 4.69) is 15.3 Å². The quantitative estimate of drug-likeness (QED) is 0.344. The molecule has 3 aromatic carbocycles. The molecule has 5 nitrogen and oxygen atoms in total. The number of hydrogen-bond acceptors (Lipinski definition) is 5. The maximum Gasteiger partial charge on any atom is 0.232 e. The molecule has 0 bridgehead atoms. The molecule has 0 amide bonds. The Balaban J connectivity index is 1.76. The molecule has 5 aromatic rings. The van der Waals surface area contributed by atoms with E-state index < -0.39 is 0 Å². The topological polar surface area (TPSA) is 71.2 Å². The first-order chi connectivity index (χ1) is 14.7. The number of aromatic nitrogens is 2. The Bertz CT molecular complexity index is 1330. The van der Waals surface area contributed by atoms with Crippen molar-refractivity contribution in [2.24, 2.45) is 0 Å². The van der Waals surface area contributed by atoms with Gasteiger partial charge >= 0.3 is 0 Å². The molecule has 0 saturated carbocycles. The lowest BCUT2D eigenvalue weighted by atomic mass is 9.99. The first-order valence-corrected chi connectivity index (χ1v) is 9.72. The molecule has 6 heteroatoms. The van der Waals surface area contributed by atoms with Crippen LogP contribution in [0.2, 0.25) is 5.02 Å². The van der Waals surface area contributed by atoms with Crippen molar-refractivity contribution in [1.29, 1.82) is 0 Å². The summed E-state index contributed by atoms with van der Waals surface area (Å²) in [5, 5.41) is 14.5. The Labute approximate surface area is 177 Å². The molecule has 0 aliphatic carbocycles. The molecule has 0 aliphatic heterocycles. The smallest absolute Gasteiger partial charge is 0.232 e. The Kier molecular flexibility index (Phi) is 4.58. The zero-order valence-corrected chi connectivity index (χ0v) is 16.5. The first-order valence-electron chi connectivity index (χ1n) is 9.34. The average molecular weight is 414 g/mol. The highest BCUT2D eigenvalue weighted by Crippen LogP contribution is 2.43. The van der Waals surface area contributed by atoms with Gasteiger partial charge < -0.3 is 14.8 Å². The third kappa shape index (κ3) is 3.36. The minimum atomic E-state index is 0.169. The van der Waals surface area contributed by atoms with E-state index in [4.69, 9.17) is 16.0 Å². The number of nitrogens with one attached hydrogen (secondary N) is 1. The van der Waals surface area contributed by atoms with E-state index in [0.29, 0.717) is 28.0 Å². The van der Waals surface area contributed by atoms with Crippen LogP contribution in [0.1, 0.15) is 0 Å². The van der Waals surface area contributed by atoms with E-state index in [1.54, 1.807) is 18.2 Å². The Morgan fingerprint density at radius 3 is 2.40 bits per heavy atom. The Morgan fingerprint density at radius 2 is 1.63 bits per heavy atom. The van der Waals surface area contributed by atoms with Gasteiger partial charge in [0.2, 0.25) is 5.71 Å². The lowest BCUT2D eigenvalue weighted by Gasteiger charge is -2.09. The molecule has 0 aliphatic rings. The third-order valence-corrected chi connectivity index (χ3v) is 5.02. The summed E-state index contributed by atoms with van der Waals surface area (Å²) in [6.07, 6.45) is 1.46. The van der Waals surface area contributed by atoms with E-state index in [1.165, 1.54) is 6.33 Å². The van der Waals surface area contributed by atoms with Gasteiger partial charge in [-0.25, -0.2) is 9.97 Å². The van der Waals surface area contributed by atoms with Gasteiger partial charge in [-0.15, -0.1) is 0 Å². The molecular weight excluding hydrogens is 398 g/mol. The van der Waals surface area contributed by atoms with Crippen molar-refractivity contribution in [3.05, 3.63) is 90.2 Å². The highest BCUT2D eigenvalue weighted by atomic mass is 35.5. The fraction of sp³-hybridized carbons (Fsp3) is 0. The van der Waals surface area contributed by atoms with Crippen LogP contribution in [0.5, 0.6) is 5.75 Å². The lowest BCUT2D eigenvalue weighted by Crippen LogP contribution is -1.95. The van der Waals surface area contributed by atoms with Crippen LogP contribution in [0, 0.1) is 0 Å². The number of phenols is 1. The molecule has 2 heterocycles. The van der Waals surface area contributed by atoms with Crippen LogP contribution >= 0.6 is 11.6 Å². The molecule has 0 radical (unpaired) electrons. The second-order valence-electron chi connectivity index (χ2n) is 6.76. The molecule has 2 aromatic heterocycles. The van der Waals surface area contributed by atoms with Crippen molar-refractivity contribution in [1.82, 2.24) is 9.97 Å². The van der Waals surface area contributed by atoms with E-state index >= 15 is 0 Å². The standard InChI is InChI=1S/C24H16ClN3O2/c25-17-11-9-16(10-12-17)22-20(15-5-2-1-3-6-15)21-23(26-14-27-24(21)30-22)28-18-7-4-8-19(29)13-18/h1-14,29H,(H,26,27,28). The summed E-state index contributed by atoms with van der Waals surface area (Å²) in [7, 11) is 0. The summed E-state index contributed by atoms with van der Waals surface area (Å²) < 4.78 is 6.20. The second kappa shape index (κ2) is 7.54. The number of benzene rings is 3. The highest BCUT2D eigenvalue weighted by Gasteiger charge is 2.22. The van der Waals surface area contributed by atoms with Crippen molar-refractivity contribution >= 4 is 34.2 Å². The monoisotopic (exact) mass is 413 g/mol. The first kappa shape index (κ1) is 18.2. The Morgan fingerprint density at radius 1 is 0.833 bits per heavy atom. The molecule has 0 saturated heterocycles.